The van der Waals surface area contributed by atoms with Gasteiger partial charge >= 0.3 is 0 Å². The van der Waals surface area contributed by atoms with Crippen molar-refractivity contribution in [2.45, 2.75) is 18.8 Å². The molecule has 4 rings (SSSR count). The molecule has 0 bridgehead atoms. The summed E-state index contributed by atoms with van der Waals surface area (Å²) in [7, 11) is 0. The molecule has 0 radical (unpaired) electrons. The Morgan fingerprint density at radius 3 is 2.54 bits per heavy atom. The Labute approximate surface area is 162 Å². The molecule has 4 nitrogen and oxygen atoms in total. The van der Waals surface area contributed by atoms with Crippen molar-refractivity contribution >= 4 is 17.5 Å². The zero-order chi connectivity index (χ0) is 19.9. The second-order valence-corrected chi connectivity index (χ2v) is 7.16. The maximum absolute atomic E-state index is 13.8. The van der Waals surface area contributed by atoms with E-state index in [1.165, 1.54) is 12.1 Å². The van der Waals surface area contributed by atoms with E-state index in [4.69, 9.17) is 5.73 Å². The van der Waals surface area contributed by atoms with E-state index in [2.05, 4.69) is 5.32 Å². The summed E-state index contributed by atoms with van der Waals surface area (Å²) in [5.74, 6) is -1.15. The molecular weight excluding hydrogens is 355 g/mol. The van der Waals surface area contributed by atoms with Gasteiger partial charge in [-0.2, -0.15) is 0 Å². The van der Waals surface area contributed by atoms with Crippen molar-refractivity contribution in [1.82, 2.24) is 0 Å². The highest BCUT2D eigenvalue weighted by Gasteiger charge is 2.48. The van der Waals surface area contributed by atoms with Crippen molar-refractivity contribution in [3.63, 3.8) is 0 Å². The van der Waals surface area contributed by atoms with Crippen LogP contribution >= 0.6 is 0 Å². The molecule has 1 aliphatic heterocycles. The molecule has 3 aromatic carbocycles. The van der Waals surface area contributed by atoms with Crippen LogP contribution in [-0.4, -0.2) is 11.8 Å². The van der Waals surface area contributed by atoms with Crippen LogP contribution < -0.4 is 11.1 Å². The monoisotopic (exact) mass is 374 g/mol. The summed E-state index contributed by atoms with van der Waals surface area (Å²) in [6, 6.07) is 19.0. The van der Waals surface area contributed by atoms with Gasteiger partial charge in [-0.1, -0.05) is 48.0 Å². The van der Waals surface area contributed by atoms with Crippen LogP contribution in [0.25, 0.3) is 0 Å². The number of carbonyl (C=O) groups is 2. The van der Waals surface area contributed by atoms with Gasteiger partial charge in [-0.25, -0.2) is 4.39 Å². The Hall–Kier alpha value is -3.47. The second kappa shape index (κ2) is 6.60. The molecule has 3 N–H and O–H groups in total. The minimum atomic E-state index is -1.02. The Balaban J connectivity index is 1.91. The molecule has 0 saturated carbocycles. The number of carbonyl (C=O) groups excluding carboxylic acids is 2. The summed E-state index contributed by atoms with van der Waals surface area (Å²) in [4.78, 5) is 24.8. The number of rotatable bonds is 4. The third-order valence-corrected chi connectivity index (χ3v) is 5.30. The van der Waals surface area contributed by atoms with Crippen LogP contribution in [0.15, 0.2) is 66.7 Å². The average molecular weight is 374 g/mol. The maximum Gasteiger partial charge on any atom is 0.248 e. The van der Waals surface area contributed by atoms with E-state index in [1.54, 1.807) is 24.3 Å². The number of anilines is 1. The summed E-state index contributed by atoms with van der Waals surface area (Å²) in [5, 5.41) is 2.83. The first kappa shape index (κ1) is 17.9. The molecule has 5 heteroatoms. The summed E-state index contributed by atoms with van der Waals surface area (Å²) in [5.41, 5.74) is 8.64. The highest BCUT2D eigenvalue weighted by atomic mass is 19.1. The molecule has 1 aliphatic rings. The van der Waals surface area contributed by atoms with Gasteiger partial charge in [0.25, 0.3) is 0 Å². The van der Waals surface area contributed by atoms with Crippen molar-refractivity contribution in [1.29, 1.82) is 0 Å². The minimum Gasteiger partial charge on any atom is -0.366 e. The number of primary amides is 1. The number of amides is 2. The normalized spacial score (nSPS) is 17.9. The number of nitrogens with two attached hydrogens (primary N) is 1. The van der Waals surface area contributed by atoms with Gasteiger partial charge in [0.15, 0.2) is 0 Å². The molecule has 1 heterocycles. The lowest BCUT2D eigenvalue weighted by Crippen LogP contribution is -2.38. The van der Waals surface area contributed by atoms with E-state index in [0.717, 1.165) is 16.7 Å². The largest absolute Gasteiger partial charge is 0.366 e. The molecule has 0 spiro atoms. The summed E-state index contributed by atoms with van der Waals surface area (Å²) in [6.07, 6.45) is 0.321. The molecule has 1 unspecified atom stereocenters. The highest BCUT2D eigenvalue weighted by Crippen LogP contribution is 2.45. The van der Waals surface area contributed by atoms with Crippen LogP contribution in [-0.2, 0) is 16.6 Å². The maximum atomic E-state index is 13.8. The van der Waals surface area contributed by atoms with Crippen LogP contribution in [0.2, 0.25) is 0 Å². The third kappa shape index (κ3) is 2.85. The predicted molar refractivity (Wildman–Crippen MR) is 106 cm³/mol. The van der Waals surface area contributed by atoms with Crippen LogP contribution in [0.4, 0.5) is 10.1 Å². The topological polar surface area (TPSA) is 72.2 Å². The molecule has 0 aliphatic carbocycles. The van der Waals surface area contributed by atoms with Crippen LogP contribution in [0.3, 0.4) is 0 Å². The van der Waals surface area contributed by atoms with Gasteiger partial charge in [0.2, 0.25) is 11.8 Å². The molecule has 28 heavy (non-hydrogen) atoms. The third-order valence-electron chi connectivity index (χ3n) is 5.30. The van der Waals surface area contributed by atoms with E-state index in [-0.39, 0.29) is 5.91 Å². The van der Waals surface area contributed by atoms with Gasteiger partial charge in [-0.15, -0.1) is 0 Å². The second-order valence-electron chi connectivity index (χ2n) is 7.16. The first-order chi connectivity index (χ1) is 13.4. The summed E-state index contributed by atoms with van der Waals surface area (Å²) < 4.78 is 13.8. The average Bonchev–Trinajstić information content (AvgIpc) is 2.94. The number of fused-ring (bicyclic) bond motifs is 1. The minimum absolute atomic E-state index is 0.221. The standard InChI is InChI=1S/C23H19FN2O2/c1-14-5-7-17(8-6-14)23(13-15-3-2-4-16(11-15)21(25)27)19-10-9-18(24)12-20(19)26-22(23)28/h2-12H,13H2,1H3,(H2,25,27)(H,26,28). The van der Waals surface area contributed by atoms with Crippen molar-refractivity contribution in [2.75, 3.05) is 5.32 Å². The molecule has 2 amide bonds. The zero-order valence-corrected chi connectivity index (χ0v) is 15.3. The van der Waals surface area contributed by atoms with Crippen molar-refractivity contribution in [3.05, 3.63) is 100 Å². The molecule has 3 aromatic rings. The fourth-order valence-corrected chi connectivity index (χ4v) is 3.89. The van der Waals surface area contributed by atoms with E-state index in [0.29, 0.717) is 23.2 Å². The number of halogens is 1. The number of benzene rings is 3. The molecule has 140 valence electrons. The SMILES string of the molecule is Cc1ccc(C2(Cc3cccc(C(N)=O)c3)C(=O)Nc3cc(F)ccc32)cc1. The fraction of sp³-hybridized carbons (Fsp3) is 0.130. The molecular formula is C23H19FN2O2. The van der Waals surface area contributed by atoms with E-state index in [9.17, 15) is 14.0 Å². The van der Waals surface area contributed by atoms with Gasteiger partial charge in [-0.3, -0.25) is 9.59 Å². The van der Waals surface area contributed by atoms with Crippen LogP contribution in [0.1, 0.15) is 32.6 Å². The smallest absolute Gasteiger partial charge is 0.248 e. The fourth-order valence-electron chi connectivity index (χ4n) is 3.89. The van der Waals surface area contributed by atoms with E-state index < -0.39 is 17.1 Å². The molecule has 0 saturated heterocycles. The zero-order valence-electron chi connectivity index (χ0n) is 15.3. The quantitative estimate of drug-likeness (QED) is 0.731. The van der Waals surface area contributed by atoms with Crippen LogP contribution in [0, 0.1) is 12.7 Å². The van der Waals surface area contributed by atoms with Crippen molar-refractivity contribution in [2.24, 2.45) is 5.73 Å². The van der Waals surface area contributed by atoms with E-state index >= 15 is 0 Å². The van der Waals surface area contributed by atoms with Crippen LogP contribution in [0.5, 0.6) is 0 Å². The Bertz CT molecular complexity index is 1090. The lowest BCUT2D eigenvalue weighted by atomic mass is 9.71. The molecule has 0 fully saturated rings. The van der Waals surface area contributed by atoms with Crippen molar-refractivity contribution < 1.29 is 14.0 Å². The first-order valence-corrected chi connectivity index (χ1v) is 8.97. The van der Waals surface area contributed by atoms with E-state index in [1.807, 2.05) is 37.3 Å². The lowest BCUT2D eigenvalue weighted by Gasteiger charge is -2.29. The number of nitrogens with one attached hydrogen (secondary N) is 1. The lowest BCUT2D eigenvalue weighted by molar-refractivity contribution is -0.119. The van der Waals surface area contributed by atoms with Gasteiger partial charge in [-0.05, 0) is 54.3 Å². The first-order valence-electron chi connectivity index (χ1n) is 8.97. The summed E-state index contributed by atoms with van der Waals surface area (Å²) >= 11 is 0. The van der Waals surface area contributed by atoms with Gasteiger partial charge in [0.05, 0.1) is 0 Å². The Morgan fingerprint density at radius 1 is 1.07 bits per heavy atom. The highest BCUT2D eigenvalue weighted by molar-refractivity contribution is 6.09. The number of hydrogen-bond donors (Lipinski definition) is 2. The molecule has 0 aromatic heterocycles. The molecule has 1 atom stereocenters. The van der Waals surface area contributed by atoms with Gasteiger partial charge in [0, 0.05) is 11.3 Å². The van der Waals surface area contributed by atoms with Crippen molar-refractivity contribution in [3.8, 4) is 0 Å². The Kier molecular flexibility index (Phi) is 4.23. The van der Waals surface area contributed by atoms with Gasteiger partial charge < -0.3 is 11.1 Å². The summed E-state index contributed by atoms with van der Waals surface area (Å²) in [6.45, 7) is 1.98. The number of aryl methyl sites for hydroxylation is 1. The Morgan fingerprint density at radius 2 is 1.82 bits per heavy atom. The van der Waals surface area contributed by atoms with Gasteiger partial charge in [0.1, 0.15) is 11.2 Å². The predicted octanol–water partition coefficient (Wildman–Crippen LogP) is 3.71. The number of hydrogen-bond acceptors (Lipinski definition) is 2.